The van der Waals surface area contributed by atoms with Crippen molar-refractivity contribution in [1.82, 2.24) is 5.32 Å². The first-order valence-corrected chi connectivity index (χ1v) is 5.20. The van der Waals surface area contributed by atoms with Gasteiger partial charge in [0.1, 0.15) is 0 Å². The minimum atomic E-state index is 0.0847. The van der Waals surface area contributed by atoms with Gasteiger partial charge in [0.15, 0.2) is 0 Å². The molecule has 76 valence electrons. The fourth-order valence-corrected chi connectivity index (χ4v) is 2.17. The molecule has 0 radical (unpaired) electrons. The molecule has 1 fully saturated rings. The van der Waals surface area contributed by atoms with E-state index in [0.29, 0.717) is 0 Å². The molecule has 2 heteroatoms. The highest BCUT2D eigenvalue weighted by molar-refractivity contribution is 5.17. The van der Waals surface area contributed by atoms with Crippen molar-refractivity contribution >= 4 is 0 Å². The Balaban J connectivity index is 2.08. The minimum absolute atomic E-state index is 0.0847. The largest absolute Gasteiger partial charge is 0.396 e. The average molecular weight is 191 g/mol. The molecule has 0 bridgehead atoms. The third-order valence-electron chi connectivity index (χ3n) is 3.09. The average Bonchev–Trinajstić information content (AvgIpc) is 2.69. The fraction of sp³-hybridized carbons (Fsp3) is 0.500. The SMILES string of the molecule is OC[C@@]1(Cc2ccccc2)CCNC1. The van der Waals surface area contributed by atoms with Crippen LogP contribution in [0, 0.1) is 5.41 Å². The lowest BCUT2D eigenvalue weighted by Crippen LogP contribution is -2.30. The topological polar surface area (TPSA) is 32.3 Å². The van der Waals surface area contributed by atoms with Gasteiger partial charge in [0, 0.05) is 12.0 Å². The summed E-state index contributed by atoms with van der Waals surface area (Å²) >= 11 is 0. The minimum Gasteiger partial charge on any atom is -0.396 e. The Bertz CT molecular complexity index is 278. The highest BCUT2D eigenvalue weighted by Gasteiger charge is 2.32. The van der Waals surface area contributed by atoms with Gasteiger partial charge in [-0.2, -0.15) is 0 Å². The molecule has 2 rings (SSSR count). The number of hydrogen-bond donors (Lipinski definition) is 2. The van der Waals surface area contributed by atoms with Crippen LogP contribution in [-0.2, 0) is 6.42 Å². The van der Waals surface area contributed by atoms with Crippen molar-refractivity contribution in [3.63, 3.8) is 0 Å². The molecule has 1 aliphatic heterocycles. The summed E-state index contributed by atoms with van der Waals surface area (Å²) in [7, 11) is 0. The Labute approximate surface area is 85.0 Å². The zero-order valence-corrected chi connectivity index (χ0v) is 8.37. The first-order chi connectivity index (χ1) is 6.85. The van der Waals surface area contributed by atoms with Crippen LogP contribution in [0.2, 0.25) is 0 Å². The summed E-state index contributed by atoms with van der Waals surface area (Å²) in [5.41, 5.74) is 1.41. The van der Waals surface area contributed by atoms with Crippen LogP contribution in [0.3, 0.4) is 0 Å². The summed E-state index contributed by atoms with van der Waals surface area (Å²) in [5.74, 6) is 0. The number of hydrogen-bond acceptors (Lipinski definition) is 2. The normalized spacial score (nSPS) is 26.6. The van der Waals surface area contributed by atoms with Crippen molar-refractivity contribution < 1.29 is 5.11 Å². The number of rotatable bonds is 3. The zero-order valence-electron chi connectivity index (χ0n) is 8.37. The van der Waals surface area contributed by atoms with Crippen molar-refractivity contribution in [3.8, 4) is 0 Å². The second-order valence-electron chi connectivity index (χ2n) is 4.25. The van der Waals surface area contributed by atoms with Crippen molar-refractivity contribution in [3.05, 3.63) is 35.9 Å². The molecular weight excluding hydrogens is 174 g/mol. The van der Waals surface area contributed by atoms with Crippen LogP contribution < -0.4 is 5.32 Å². The van der Waals surface area contributed by atoms with E-state index in [1.807, 2.05) is 6.07 Å². The Morgan fingerprint density at radius 2 is 2.07 bits per heavy atom. The Hall–Kier alpha value is -0.860. The van der Waals surface area contributed by atoms with Gasteiger partial charge in [0.25, 0.3) is 0 Å². The molecule has 1 aromatic rings. The van der Waals surface area contributed by atoms with Crippen molar-refractivity contribution in [1.29, 1.82) is 0 Å². The van der Waals surface area contributed by atoms with Gasteiger partial charge < -0.3 is 10.4 Å². The number of benzene rings is 1. The van der Waals surface area contributed by atoms with Gasteiger partial charge in [-0.25, -0.2) is 0 Å². The molecule has 2 nitrogen and oxygen atoms in total. The smallest absolute Gasteiger partial charge is 0.0503 e. The van der Waals surface area contributed by atoms with E-state index in [9.17, 15) is 5.11 Å². The van der Waals surface area contributed by atoms with E-state index in [0.717, 1.165) is 25.9 Å². The Morgan fingerprint density at radius 1 is 1.29 bits per heavy atom. The maximum absolute atomic E-state index is 9.44. The predicted octanol–water partition coefficient (Wildman–Crippen LogP) is 1.20. The van der Waals surface area contributed by atoms with Gasteiger partial charge in [-0.05, 0) is 24.9 Å². The van der Waals surface area contributed by atoms with Gasteiger partial charge in [0.2, 0.25) is 0 Å². The summed E-state index contributed by atoms with van der Waals surface area (Å²) < 4.78 is 0. The lowest BCUT2D eigenvalue weighted by atomic mass is 9.82. The summed E-state index contributed by atoms with van der Waals surface area (Å²) in [6.07, 6.45) is 2.07. The van der Waals surface area contributed by atoms with E-state index in [1.165, 1.54) is 5.56 Å². The molecule has 0 aliphatic carbocycles. The lowest BCUT2D eigenvalue weighted by molar-refractivity contribution is 0.143. The Kier molecular flexibility index (Phi) is 2.85. The van der Waals surface area contributed by atoms with Crippen molar-refractivity contribution in [2.75, 3.05) is 19.7 Å². The van der Waals surface area contributed by atoms with Crippen LogP contribution in [0.4, 0.5) is 0 Å². The van der Waals surface area contributed by atoms with E-state index < -0.39 is 0 Å². The van der Waals surface area contributed by atoms with Gasteiger partial charge in [-0.1, -0.05) is 30.3 Å². The summed E-state index contributed by atoms with van der Waals surface area (Å²) in [6.45, 7) is 2.26. The number of aliphatic hydroxyl groups excluding tert-OH is 1. The highest BCUT2D eigenvalue weighted by Crippen LogP contribution is 2.29. The molecule has 0 unspecified atom stereocenters. The molecule has 1 atom stereocenters. The van der Waals surface area contributed by atoms with Crippen LogP contribution in [0.1, 0.15) is 12.0 Å². The van der Waals surface area contributed by atoms with E-state index in [4.69, 9.17) is 0 Å². The fourth-order valence-electron chi connectivity index (χ4n) is 2.17. The highest BCUT2D eigenvalue weighted by atomic mass is 16.3. The summed E-state index contributed by atoms with van der Waals surface area (Å²) in [4.78, 5) is 0. The molecule has 1 aliphatic rings. The lowest BCUT2D eigenvalue weighted by Gasteiger charge is -2.25. The van der Waals surface area contributed by atoms with Crippen molar-refractivity contribution in [2.45, 2.75) is 12.8 Å². The molecule has 0 spiro atoms. The molecule has 0 amide bonds. The number of nitrogens with one attached hydrogen (secondary N) is 1. The second kappa shape index (κ2) is 4.11. The van der Waals surface area contributed by atoms with Crippen LogP contribution >= 0.6 is 0 Å². The van der Waals surface area contributed by atoms with Crippen LogP contribution in [0.5, 0.6) is 0 Å². The quantitative estimate of drug-likeness (QED) is 0.752. The zero-order chi connectivity index (χ0) is 9.86. The molecule has 1 aromatic carbocycles. The maximum atomic E-state index is 9.44. The summed E-state index contributed by atoms with van der Waals surface area (Å²) in [6, 6.07) is 10.4. The molecule has 14 heavy (non-hydrogen) atoms. The maximum Gasteiger partial charge on any atom is 0.0503 e. The van der Waals surface area contributed by atoms with Crippen LogP contribution in [-0.4, -0.2) is 24.8 Å². The van der Waals surface area contributed by atoms with E-state index in [1.54, 1.807) is 0 Å². The van der Waals surface area contributed by atoms with E-state index in [2.05, 4.69) is 29.6 Å². The summed E-state index contributed by atoms with van der Waals surface area (Å²) in [5, 5.41) is 12.8. The first kappa shape index (κ1) is 9.69. The second-order valence-corrected chi connectivity index (χ2v) is 4.25. The monoisotopic (exact) mass is 191 g/mol. The first-order valence-electron chi connectivity index (χ1n) is 5.20. The number of aliphatic hydroxyl groups is 1. The Morgan fingerprint density at radius 3 is 2.64 bits per heavy atom. The predicted molar refractivity (Wildman–Crippen MR) is 57.2 cm³/mol. The van der Waals surface area contributed by atoms with Gasteiger partial charge in [0.05, 0.1) is 6.61 Å². The molecule has 1 saturated heterocycles. The molecular formula is C12H17NO. The third kappa shape index (κ3) is 1.97. The van der Waals surface area contributed by atoms with Crippen molar-refractivity contribution in [2.24, 2.45) is 5.41 Å². The molecule has 1 heterocycles. The third-order valence-corrected chi connectivity index (χ3v) is 3.09. The van der Waals surface area contributed by atoms with E-state index in [-0.39, 0.29) is 12.0 Å². The van der Waals surface area contributed by atoms with Crippen LogP contribution in [0.25, 0.3) is 0 Å². The van der Waals surface area contributed by atoms with Gasteiger partial charge in [-0.15, -0.1) is 0 Å². The van der Waals surface area contributed by atoms with Gasteiger partial charge >= 0.3 is 0 Å². The molecule has 0 saturated carbocycles. The van der Waals surface area contributed by atoms with E-state index >= 15 is 0 Å². The van der Waals surface area contributed by atoms with Gasteiger partial charge in [-0.3, -0.25) is 0 Å². The molecule has 2 N–H and O–H groups in total. The van der Waals surface area contributed by atoms with Crippen LogP contribution in [0.15, 0.2) is 30.3 Å². The molecule has 0 aromatic heterocycles. The standard InChI is InChI=1S/C12H17NO/c14-10-12(6-7-13-9-12)8-11-4-2-1-3-5-11/h1-5,13-14H,6-10H2/t12-/m1/s1.